The lowest BCUT2D eigenvalue weighted by Gasteiger charge is -2.13. The van der Waals surface area contributed by atoms with E-state index < -0.39 is 0 Å². The van der Waals surface area contributed by atoms with Gasteiger partial charge >= 0.3 is 0 Å². The second kappa shape index (κ2) is 16.5. The monoisotopic (exact) mass is 902 g/mol. The lowest BCUT2D eigenvalue weighted by molar-refractivity contribution is 0.0929. The van der Waals surface area contributed by atoms with Crippen LogP contribution in [0.25, 0.3) is 11.3 Å². The second-order valence-electron chi connectivity index (χ2n) is 17.6. The standard InChI is InChI=1S/2C22H25N7O4/c2*1-23-18-7-17(25-14-4-3-5-28(22(14)31)19-12-9-33-10-13(12)19)27-20-11(8-24-29(18)20)21(30)26-15-6-16(15)32-2/h2*3-5,7-8,12-13,15-16,19,23H,6,9-10H2,1-2H3,(H,25,27)(H,26,30)/t2*12-,13+,15-,16-,19?/m10/s1. The Labute approximate surface area is 376 Å². The molecule has 10 atom stereocenters. The maximum absolute atomic E-state index is 13.1. The number of methoxy groups -OCH3 is 2. The summed E-state index contributed by atoms with van der Waals surface area (Å²) in [6.45, 7) is 2.84. The Morgan fingerprint density at radius 2 is 1.06 bits per heavy atom. The molecule has 2 saturated heterocycles. The largest absolute Gasteiger partial charge is 0.381 e. The average Bonchev–Trinajstić information content (AvgIpc) is 4.28. The summed E-state index contributed by atoms with van der Waals surface area (Å²) < 4.78 is 28.1. The first-order valence-electron chi connectivity index (χ1n) is 22.1. The fourth-order valence-electron chi connectivity index (χ4n) is 9.59. The zero-order valence-corrected chi connectivity index (χ0v) is 36.6. The summed E-state index contributed by atoms with van der Waals surface area (Å²) in [5.41, 5.74) is 2.14. The van der Waals surface area contributed by atoms with Crippen molar-refractivity contribution in [1.82, 2.24) is 49.0 Å². The molecule has 4 aliphatic carbocycles. The normalized spacial score (nSPS) is 27.3. The number of nitrogens with zero attached hydrogens (tertiary/aromatic N) is 8. The zero-order chi connectivity index (χ0) is 45.4. The molecule has 344 valence electrons. The highest BCUT2D eigenvalue weighted by atomic mass is 16.5. The van der Waals surface area contributed by atoms with Crippen molar-refractivity contribution in [2.75, 3.05) is 76.0 Å². The lowest BCUT2D eigenvalue weighted by atomic mass is 10.3. The fraction of sp³-hybridized carbons (Fsp3) is 0.455. The van der Waals surface area contributed by atoms with Crippen molar-refractivity contribution in [2.24, 2.45) is 23.7 Å². The van der Waals surface area contributed by atoms with E-state index in [0.717, 1.165) is 12.8 Å². The molecule has 6 aliphatic rings. The first kappa shape index (κ1) is 41.8. The summed E-state index contributed by atoms with van der Waals surface area (Å²) in [5.74, 6) is 3.30. The van der Waals surface area contributed by atoms with Gasteiger partial charge in [-0.1, -0.05) is 0 Å². The minimum Gasteiger partial charge on any atom is -0.381 e. The van der Waals surface area contributed by atoms with Crippen LogP contribution in [0.2, 0.25) is 0 Å². The van der Waals surface area contributed by atoms with Crippen molar-refractivity contribution in [3.05, 3.63) is 93.0 Å². The lowest BCUT2D eigenvalue weighted by Crippen LogP contribution is -2.28. The molecular weight excluding hydrogens is 853 g/mol. The summed E-state index contributed by atoms with van der Waals surface area (Å²) in [6.07, 6.45) is 8.33. The van der Waals surface area contributed by atoms with E-state index >= 15 is 0 Å². The van der Waals surface area contributed by atoms with E-state index in [1.807, 2.05) is 24.5 Å². The molecule has 22 heteroatoms. The fourth-order valence-corrected chi connectivity index (χ4v) is 9.59. The minimum atomic E-state index is -0.259. The molecule has 0 radical (unpaired) electrons. The van der Waals surface area contributed by atoms with Gasteiger partial charge in [-0.3, -0.25) is 19.2 Å². The van der Waals surface area contributed by atoms with Crippen molar-refractivity contribution < 1.29 is 28.5 Å². The molecule has 2 amide bonds. The molecular formula is C44H50N14O8. The van der Waals surface area contributed by atoms with E-state index in [1.54, 1.807) is 70.7 Å². The van der Waals surface area contributed by atoms with Crippen molar-refractivity contribution in [1.29, 1.82) is 0 Å². The number of rotatable bonds is 14. The summed E-state index contributed by atoms with van der Waals surface area (Å²) in [6, 6.07) is 11.1. The Hall–Kier alpha value is -6.88. The van der Waals surface area contributed by atoms with Crippen LogP contribution >= 0.6 is 0 Å². The van der Waals surface area contributed by atoms with Crippen molar-refractivity contribution >= 4 is 57.8 Å². The number of carbonyl (C=O) groups excluding carboxylic acids is 2. The molecule has 66 heavy (non-hydrogen) atoms. The van der Waals surface area contributed by atoms with E-state index in [0.29, 0.717) is 107 Å². The Bertz CT molecular complexity index is 2780. The van der Waals surface area contributed by atoms with E-state index in [-0.39, 0.29) is 59.3 Å². The highest BCUT2D eigenvalue weighted by Crippen LogP contribution is 2.54. The summed E-state index contributed by atoms with van der Waals surface area (Å²) >= 11 is 0. The molecule has 0 bridgehead atoms. The van der Waals surface area contributed by atoms with Gasteiger partial charge in [-0.15, -0.1) is 0 Å². The summed E-state index contributed by atoms with van der Waals surface area (Å²) in [5, 5.41) is 27.0. The van der Waals surface area contributed by atoms with Gasteiger partial charge in [0, 0.05) is 88.6 Å². The van der Waals surface area contributed by atoms with E-state index in [1.165, 1.54) is 12.4 Å². The number of ether oxygens (including phenoxy) is 4. The Kier molecular flexibility index (Phi) is 10.5. The van der Waals surface area contributed by atoms with Gasteiger partial charge in [0.1, 0.15) is 45.8 Å². The zero-order valence-electron chi connectivity index (χ0n) is 36.6. The van der Waals surface area contributed by atoms with Gasteiger partial charge in [0.15, 0.2) is 11.3 Å². The van der Waals surface area contributed by atoms with E-state index in [4.69, 9.17) is 18.9 Å². The van der Waals surface area contributed by atoms with Crippen LogP contribution in [0.15, 0.2) is 70.8 Å². The van der Waals surface area contributed by atoms with Gasteiger partial charge in [0.2, 0.25) is 0 Å². The van der Waals surface area contributed by atoms with Crippen LogP contribution in [0.4, 0.5) is 34.6 Å². The van der Waals surface area contributed by atoms with Crippen LogP contribution in [0.5, 0.6) is 0 Å². The van der Waals surface area contributed by atoms with Gasteiger partial charge in [0.05, 0.1) is 63.1 Å². The molecule has 6 aromatic heterocycles. The maximum atomic E-state index is 13.1. The number of nitrogens with one attached hydrogen (secondary N) is 6. The van der Waals surface area contributed by atoms with Crippen molar-refractivity contribution in [2.45, 2.75) is 49.2 Å². The molecule has 0 aromatic carbocycles. The number of aromatic nitrogens is 8. The molecule has 2 unspecified atom stereocenters. The van der Waals surface area contributed by atoms with Gasteiger partial charge in [-0.05, 0) is 37.1 Å². The number of hydrogen-bond acceptors (Lipinski definition) is 16. The van der Waals surface area contributed by atoms with Gasteiger partial charge in [0.25, 0.3) is 22.9 Å². The SMILES string of the molecule is CNc1cc(Nc2cccn(C3[C@H]4COC[C@@H]34)c2=O)nc2c(C(=O)N[C@@H]3C[C@H]3OC)cnn12.CNc1cc(Nc2cccn(C3[C@H]4COC[C@@H]34)c2=O)nc2c(C(=O)N[C@H]3C[C@@H]3OC)cnn12. The predicted molar refractivity (Wildman–Crippen MR) is 240 cm³/mol. The van der Waals surface area contributed by atoms with Gasteiger partial charge < -0.3 is 60.0 Å². The Balaban J connectivity index is 0.000000146. The topological polar surface area (TPSA) is 248 Å². The quantitative estimate of drug-likeness (QED) is 0.0916. The van der Waals surface area contributed by atoms with Gasteiger partial charge in [-0.2, -0.15) is 19.2 Å². The molecule has 6 aromatic rings. The van der Waals surface area contributed by atoms with Crippen LogP contribution in [0.1, 0.15) is 45.6 Å². The van der Waals surface area contributed by atoms with E-state index in [9.17, 15) is 19.2 Å². The molecule has 6 fully saturated rings. The summed E-state index contributed by atoms with van der Waals surface area (Å²) in [7, 11) is 6.78. The van der Waals surface area contributed by atoms with Crippen LogP contribution in [0.3, 0.4) is 0 Å². The summed E-state index contributed by atoms with van der Waals surface area (Å²) in [4.78, 5) is 61.1. The van der Waals surface area contributed by atoms with Crippen LogP contribution in [-0.4, -0.2) is 129 Å². The number of fused-ring (bicyclic) bond motifs is 4. The van der Waals surface area contributed by atoms with Crippen LogP contribution in [0, 0.1) is 23.7 Å². The highest BCUT2D eigenvalue weighted by Gasteiger charge is 2.56. The number of anilines is 6. The van der Waals surface area contributed by atoms with Crippen molar-refractivity contribution in [3.63, 3.8) is 0 Å². The number of amides is 2. The molecule has 8 heterocycles. The van der Waals surface area contributed by atoms with Gasteiger partial charge in [-0.25, -0.2) is 9.97 Å². The van der Waals surface area contributed by atoms with Crippen LogP contribution < -0.4 is 43.0 Å². The molecule has 6 N–H and O–H groups in total. The molecule has 2 aliphatic heterocycles. The smallest absolute Gasteiger partial charge is 0.274 e. The van der Waals surface area contributed by atoms with Crippen molar-refractivity contribution in [3.8, 4) is 0 Å². The predicted octanol–water partition coefficient (Wildman–Crippen LogP) is 2.02. The molecule has 0 spiro atoms. The Morgan fingerprint density at radius 1 is 0.652 bits per heavy atom. The average molecular weight is 903 g/mol. The maximum Gasteiger partial charge on any atom is 0.274 e. The molecule has 12 rings (SSSR count). The first-order chi connectivity index (χ1) is 32.2. The molecule has 22 nitrogen and oxygen atoms in total. The Morgan fingerprint density at radius 3 is 1.42 bits per heavy atom. The minimum absolute atomic E-state index is 0.00219. The number of pyridine rings is 2. The number of hydrogen-bond donors (Lipinski definition) is 6. The second-order valence-corrected chi connectivity index (χ2v) is 17.6. The van der Waals surface area contributed by atoms with E-state index in [2.05, 4.69) is 52.1 Å². The third-order valence-corrected chi connectivity index (χ3v) is 13.6. The third-order valence-electron chi connectivity index (χ3n) is 13.6. The van der Waals surface area contributed by atoms with Crippen LogP contribution in [-0.2, 0) is 18.9 Å². The highest BCUT2D eigenvalue weighted by molar-refractivity contribution is 6.01. The molecule has 4 saturated carbocycles. The first-order valence-corrected chi connectivity index (χ1v) is 22.1. The number of carbonyl (C=O) groups is 2. The third kappa shape index (κ3) is 7.48.